The second kappa shape index (κ2) is 8.46. The first-order valence-electron chi connectivity index (χ1n) is 7.90. The molecule has 2 atom stereocenters. The molecule has 2 N–H and O–H groups in total. The molecule has 9 heteroatoms. The van der Waals surface area contributed by atoms with Crippen molar-refractivity contribution in [3.8, 4) is 0 Å². The number of carbonyl (C=O) groups excluding carboxylic acids is 2. The molecule has 0 aliphatic carbocycles. The lowest BCUT2D eigenvalue weighted by atomic mass is 10.1. The van der Waals surface area contributed by atoms with Gasteiger partial charge in [0.2, 0.25) is 5.91 Å². The van der Waals surface area contributed by atoms with Crippen molar-refractivity contribution in [1.29, 1.82) is 0 Å². The minimum atomic E-state index is -0.583. The van der Waals surface area contributed by atoms with Crippen LogP contribution < -0.4 is 10.6 Å². The molecule has 2 unspecified atom stereocenters. The molecule has 136 valence electrons. The molecule has 3 rings (SSSR count). The predicted molar refractivity (Wildman–Crippen MR) is 99.0 cm³/mol. The Morgan fingerprint density at radius 1 is 1.48 bits per heavy atom. The monoisotopic (exact) mass is 383 g/mol. The quantitative estimate of drug-likeness (QED) is 0.831. The lowest BCUT2D eigenvalue weighted by Crippen LogP contribution is -2.54. The molecule has 7 nitrogen and oxygen atoms in total. The number of aromatic nitrogens is 2. The Morgan fingerprint density at radius 2 is 2.28 bits per heavy atom. The smallest absolute Gasteiger partial charge is 0.261 e. The van der Waals surface area contributed by atoms with Gasteiger partial charge in [-0.3, -0.25) is 9.59 Å². The van der Waals surface area contributed by atoms with Crippen LogP contribution in [-0.2, 0) is 11.8 Å². The van der Waals surface area contributed by atoms with Crippen LogP contribution in [0.5, 0.6) is 0 Å². The number of aryl methyl sites for hydroxylation is 1. The topological polar surface area (TPSA) is 79.3 Å². The minimum absolute atomic E-state index is 0. The minimum Gasteiger partial charge on any atom is -0.340 e. The first-order chi connectivity index (χ1) is 11.6. The van der Waals surface area contributed by atoms with E-state index in [9.17, 15) is 9.59 Å². The van der Waals surface area contributed by atoms with Crippen molar-refractivity contribution in [2.24, 2.45) is 7.05 Å². The molecule has 1 saturated heterocycles. The number of carbonyl (C=O) groups is 2. The third-order valence-corrected chi connectivity index (χ3v) is 5.01. The number of nitrogens with zero attached hydrogens (tertiary/aromatic N) is 3. The van der Waals surface area contributed by atoms with Crippen molar-refractivity contribution >= 4 is 35.6 Å². The predicted octanol–water partition coefficient (Wildman–Crippen LogP) is 1.19. The highest BCUT2D eigenvalue weighted by molar-refractivity contribution is 7.12. The zero-order chi connectivity index (χ0) is 17.1. The Kier molecular flexibility index (Phi) is 6.57. The van der Waals surface area contributed by atoms with Crippen molar-refractivity contribution in [3.63, 3.8) is 0 Å². The second-order valence-corrected chi connectivity index (χ2v) is 6.77. The molecule has 0 bridgehead atoms. The summed E-state index contributed by atoms with van der Waals surface area (Å²) < 4.78 is 1.92. The third kappa shape index (κ3) is 4.20. The van der Waals surface area contributed by atoms with E-state index in [1.165, 1.54) is 11.3 Å². The van der Waals surface area contributed by atoms with Crippen LogP contribution in [0.2, 0.25) is 0 Å². The van der Waals surface area contributed by atoms with E-state index in [4.69, 9.17) is 0 Å². The normalized spacial score (nSPS) is 18.3. The van der Waals surface area contributed by atoms with Crippen LogP contribution in [0.15, 0.2) is 29.9 Å². The lowest BCUT2D eigenvalue weighted by molar-refractivity contribution is -0.136. The highest BCUT2D eigenvalue weighted by Gasteiger charge is 2.33. The molecule has 2 amide bonds. The van der Waals surface area contributed by atoms with Crippen molar-refractivity contribution < 1.29 is 9.59 Å². The van der Waals surface area contributed by atoms with Crippen LogP contribution in [-0.4, -0.2) is 51.9 Å². The molecule has 1 fully saturated rings. The van der Waals surface area contributed by atoms with Crippen LogP contribution >= 0.6 is 23.7 Å². The van der Waals surface area contributed by atoms with E-state index in [0.29, 0.717) is 18.0 Å². The fourth-order valence-corrected chi connectivity index (χ4v) is 3.51. The number of rotatable bonds is 4. The van der Waals surface area contributed by atoms with Crippen molar-refractivity contribution in [2.75, 3.05) is 19.6 Å². The molecule has 2 aromatic rings. The van der Waals surface area contributed by atoms with E-state index >= 15 is 0 Å². The summed E-state index contributed by atoms with van der Waals surface area (Å²) >= 11 is 1.36. The second-order valence-electron chi connectivity index (χ2n) is 5.82. The number of imidazole rings is 1. The van der Waals surface area contributed by atoms with Gasteiger partial charge in [-0.05, 0) is 18.4 Å². The van der Waals surface area contributed by atoms with E-state index < -0.39 is 6.04 Å². The number of piperazine rings is 1. The zero-order valence-electron chi connectivity index (χ0n) is 14.1. The van der Waals surface area contributed by atoms with Gasteiger partial charge in [0, 0.05) is 39.1 Å². The van der Waals surface area contributed by atoms with Gasteiger partial charge in [-0.1, -0.05) is 6.07 Å². The van der Waals surface area contributed by atoms with E-state index in [1.807, 2.05) is 29.3 Å². The molecule has 1 aliphatic rings. The Morgan fingerprint density at radius 3 is 2.92 bits per heavy atom. The fourth-order valence-electron chi connectivity index (χ4n) is 2.88. The Labute approximate surface area is 156 Å². The van der Waals surface area contributed by atoms with E-state index in [0.717, 1.165) is 12.4 Å². The maximum Gasteiger partial charge on any atom is 0.261 e. The summed E-state index contributed by atoms with van der Waals surface area (Å²) in [5, 5.41) is 7.94. The number of hydrogen-bond acceptors (Lipinski definition) is 5. The first-order valence-corrected chi connectivity index (χ1v) is 8.78. The first kappa shape index (κ1) is 19.4. The van der Waals surface area contributed by atoms with Crippen molar-refractivity contribution in [2.45, 2.75) is 19.0 Å². The van der Waals surface area contributed by atoms with Crippen LogP contribution in [0.3, 0.4) is 0 Å². The van der Waals surface area contributed by atoms with Gasteiger partial charge in [-0.2, -0.15) is 0 Å². The highest BCUT2D eigenvalue weighted by atomic mass is 35.5. The van der Waals surface area contributed by atoms with Crippen LogP contribution in [0.1, 0.15) is 28.5 Å². The average molecular weight is 384 g/mol. The summed E-state index contributed by atoms with van der Waals surface area (Å²) in [7, 11) is 1.92. The molecular formula is C16H22ClN5O2S. The molecule has 25 heavy (non-hydrogen) atoms. The SMILES string of the molecule is CC(NC(=O)c1cccs1)C(=O)N1CCNCC1c1nccn1C.Cl. The van der Waals surface area contributed by atoms with Gasteiger partial charge in [-0.25, -0.2) is 4.98 Å². The summed E-state index contributed by atoms with van der Waals surface area (Å²) in [6, 6.07) is 2.85. The standard InChI is InChI=1S/C16H21N5O2S.ClH/c1-11(19-15(22)13-4-3-9-24-13)16(23)21-8-5-17-10-12(21)14-18-6-7-20(14)2;/h3-4,6-7,9,11-12,17H,5,8,10H2,1-2H3,(H,19,22);1H. The van der Waals surface area contributed by atoms with E-state index in [2.05, 4.69) is 15.6 Å². The van der Waals surface area contributed by atoms with Gasteiger partial charge < -0.3 is 20.1 Å². The molecule has 0 saturated carbocycles. The molecule has 2 aromatic heterocycles. The van der Waals surface area contributed by atoms with Gasteiger partial charge in [-0.15, -0.1) is 23.7 Å². The summed E-state index contributed by atoms with van der Waals surface area (Å²) in [6.07, 6.45) is 3.60. The third-order valence-electron chi connectivity index (χ3n) is 4.15. The number of hydrogen-bond donors (Lipinski definition) is 2. The largest absolute Gasteiger partial charge is 0.340 e. The Balaban J connectivity index is 0.00000225. The molecule has 3 heterocycles. The average Bonchev–Trinajstić information content (AvgIpc) is 3.25. The fraction of sp³-hybridized carbons (Fsp3) is 0.438. The van der Waals surface area contributed by atoms with E-state index in [1.54, 1.807) is 24.1 Å². The molecule has 0 aromatic carbocycles. The summed E-state index contributed by atoms with van der Waals surface area (Å²) in [4.78, 5) is 31.8. The van der Waals surface area contributed by atoms with Crippen LogP contribution in [0, 0.1) is 0 Å². The van der Waals surface area contributed by atoms with Gasteiger partial charge >= 0.3 is 0 Å². The molecule has 0 spiro atoms. The van der Waals surface area contributed by atoms with Crippen LogP contribution in [0.25, 0.3) is 0 Å². The van der Waals surface area contributed by atoms with Crippen molar-refractivity contribution in [3.05, 3.63) is 40.6 Å². The lowest BCUT2D eigenvalue weighted by Gasteiger charge is -2.37. The zero-order valence-corrected chi connectivity index (χ0v) is 15.8. The molecular weight excluding hydrogens is 362 g/mol. The molecule has 1 aliphatic heterocycles. The number of nitrogens with one attached hydrogen (secondary N) is 2. The molecule has 0 radical (unpaired) electrons. The van der Waals surface area contributed by atoms with Crippen LogP contribution in [0.4, 0.5) is 0 Å². The Bertz CT molecular complexity index is 718. The van der Waals surface area contributed by atoms with Gasteiger partial charge in [0.25, 0.3) is 5.91 Å². The van der Waals surface area contributed by atoms with Gasteiger partial charge in [0.05, 0.1) is 4.88 Å². The van der Waals surface area contributed by atoms with Gasteiger partial charge in [0.1, 0.15) is 17.9 Å². The summed E-state index contributed by atoms with van der Waals surface area (Å²) in [5.41, 5.74) is 0. The maximum absolute atomic E-state index is 12.9. The van der Waals surface area contributed by atoms with Crippen molar-refractivity contribution in [1.82, 2.24) is 25.1 Å². The highest BCUT2D eigenvalue weighted by Crippen LogP contribution is 2.21. The van der Waals surface area contributed by atoms with E-state index in [-0.39, 0.29) is 30.3 Å². The number of amides is 2. The summed E-state index contributed by atoms with van der Waals surface area (Å²) in [5.74, 6) is 0.538. The number of thiophene rings is 1. The summed E-state index contributed by atoms with van der Waals surface area (Å²) in [6.45, 7) is 3.71. The maximum atomic E-state index is 12.9. The number of halogens is 1. The van der Waals surface area contributed by atoms with Gasteiger partial charge in [0.15, 0.2) is 0 Å². The Hall–Kier alpha value is -1.90.